The molecule has 21 heavy (non-hydrogen) atoms. The first-order valence-electron chi connectivity index (χ1n) is 7.05. The first kappa shape index (κ1) is 15.7. The van der Waals surface area contributed by atoms with Crippen LogP contribution in [0.1, 0.15) is 6.92 Å². The predicted molar refractivity (Wildman–Crippen MR) is 87.7 cm³/mol. The second-order valence-corrected chi connectivity index (χ2v) is 5.09. The van der Waals surface area contributed by atoms with Crippen molar-refractivity contribution < 1.29 is 4.74 Å². The van der Waals surface area contributed by atoms with Crippen LogP contribution in [-0.4, -0.2) is 50.7 Å². The summed E-state index contributed by atoms with van der Waals surface area (Å²) in [5.74, 6) is 0.829. The molecule has 0 bridgehead atoms. The monoisotopic (exact) mass is 311 g/mol. The fourth-order valence-corrected chi connectivity index (χ4v) is 2.54. The zero-order valence-corrected chi connectivity index (χ0v) is 13.2. The normalized spacial score (nSPS) is 15.7. The number of likely N-dealkylation sites (N-methyl/N-ethyl adjacent to an activating group) is 1. The third kappa shape index (κ3) is 3.92. The summed E-state index contributed by atoms with van der Waals surface area (Å²) in [6.45, 7) is 7.42. The van der Waals surface area contributed by atoms with Crippen molar-refractivity contribution >= 4 is 29.1 Å². The molecule has 1 fully saturated rings. The third-order valence-electron chi connectivity index (χ3n) is 3.70. The molecule has 0 aliphatic carbocycles. The van der Waals surface area contributed by atoms with E-state index >= 15 is 0 Å². The molecule has 1 aromatic rings. The summed E-state index contributed by atoms with van der Waals surface area (Å²) in [7, 11) is 1.66. The number of piperazine rings is 1. The molecule has 3 N–H and O–H groups in total. The second kappa shape index (κ2) is 7.38. The van der Waals surface area contributed by atoms with Gasteiger partial charge in [0.05, 0.1) is 12.8 Å². The topological polar surface area (TPSA) is 63.6 Å². The Morgan fingerprint density at radius 1 is 1.33 bits per heavy atom. The van der Waals surface area contributed by atoms with E-state index in [4.69, 9.17) is 21.9 Å². The van der Waals surface area contributed by atoms with Crippen LogP contribution in [0.15, 0.2) is 18.2 Å². The minimum absolute atomic E-state index is 0.0306. The number of nitrogens with one attached hydrogen (secondary N) is 3. The summed E-state index contributed by atoms with van der Waals surface area (Å²) in [6, 6.07) is 5.82. The van der Waals surface area contributed by atoms with E-state index in [1.165, 1.54) is 0 Å². The smallest absolute Gasteiger partial charge is 0.207 e. The summed E-state index contributed by atoms with van der Waals surface area (Å²) in [6.07, 6.45) is 0. The molecule has 1 aromatic carbocycles. The number of ether oxygens (including phenoxy) is 1. The molecular weight excluding hydrogens is 290 g/mol. The maximum Gasteiger partial charge on any atom is 0.207 e. The largest absolute Gasteiger partial charge is 0.495 e. The zero-order chi connectivity index (χ0) is 15.2. The molecule has 2 rings (SSSR count). The van der Waals surface area contributed by atoms with Gasteiger partial charge in [0, 0.05) is 49.7 Å². The SMILES string of the molecule is CCN1CCN(c2ccc(NC(=N)NCl)cc2OC)CC1. The van der Waals surface area contributed by atoms with E-state index in [0.29, 0.717) is 0 Å². The summed E-state index contributed by atoms with van der Waals surface area (Å²) in [4.78, 5) is 7.00. The number of anilines is 2. The molecule has 0 radical (unpaired) electrons. The van der Waals surface area contributed by atoms with Crippen molar-refractivity contribution in [1.29, 1.82) is 5.41 Å². The average Bonchev–Trinajstić information content (AvgIpc) is 2.54. The van der Waals surface area contributed by atoms with E-state index in [-0.39, 0.29) is 5.96 Å². The number of halogens is 1. The van der Waals surface area contributed by atoms with Gasteiger partial charge in [0.1, 0.15) is 5.75 Å². The lowest BCUT2D eigenvalue weighted by Crippen LogP contribution is -2.46. The van der Waals surface area contributed by atoms with Crippen LogP contribution in [0.4, 0.5) is 11.4 Å². The molecule has 0 spiro atoms. The highest BCUT2D eigenvalue weighted by Crippen LogP contribution is 2.31. The van der Waals surface area contributed by atoms with E-state index in [1.807, 2.05) is 18.2 Å². The van der Waals surface area contributed by atoms with Gasteiger partial charge >= 0.3 is 0 Å². The van der Waals surface area contributed by atoms with Gasteiger partial charge in [0.25, 0.3) is 0 Å². The van der Waals surface area contributed by atoms with Gasteiger partial charge < -0.3 is 19.9 Å². The van der Waals surface area contributed by atoms with E-state index in [0.717, 1.165) is 49.8 Å². The average molecular weight is 312 g/mol. The van der Waals surface area contributed by atoms with Crippen molar-refractivity contribution in [3.8, 4) is 5.75 Å². The van der Waals surface area contributed by atoms with Crippen LogP contribution in [-0.2, 0) is 0 Å². The standard InChI is InChI=1S/C14H22ClN5O/c1-3-19-6-8-20(9-7-19)12-5-4-11(10-13(12)21-2)17-14(16)18-15/h4-5,10H,3,6-9H2,1-2H3,(H3,16,17,18). The molecule has 0 aromatic heterocycles. The summed E-state index contributed by atoms with van der Waals surface area (Å²) < 4.78 is 5.49. The summed E-state index contributed by atoms with van der Waals surface area (Å²) >= 11 is 5.37. The van der Waals surface area contributed by atoms with Crippen molar-refractivity contribution in [2.24, 2.45) is 0 Å². The van der Waals surface area contributed by atoms with Crippen LogP contribution in [0.5, 0.6) is 5.75 Å². The molecule has 6 nitrogen and oxygen atoms in total. The highest BCUT2D eigenvalue weighted by Gasteiger charge is 2.19. The highest BCUT2D eigenvalue weighted by molar-refractivity contribution is 6.23. The van der Waals surface area contributed by atoms with Gasteiger partial charge in [-0.2, -0.15) is 0 Å². The Morgan fingerprint density at radius 3 is 2.62 bits per heavy atom. The Kier molecular flexibility index (Phi) is 5.52. The number of benzene rings is 1. The Hall–Kier alpha value is -1.66. The van der Waals surface area contributed by atoms with Crippen LogP contribution >= 0.6 is 11.8 Å². The molecule has 1 heterocycles. The van der Waals surface area contributed by atoms with Crippen LogP contribution in [0.25, 0.3) is 0 Å². The van der Waals surface area contributed by atoms with Gasteiger partial charge in [-0.05, 0) is 18.7 Å². The fourth-order valence-electron chi connectivity index (χ4n) is 2.49. The van der Waals surface area contributed by atoms with Gasteiger partial charge in [-0.15, -0.1) is 0 Å². The molecular formula is C14H22ClN5O. The molecule has 0 amide bonds. The van der Waals surface area contributed by atoms with Crippen molar-refractivity contribution in [3.63, 3.8) is 0 Å². The molecule has 1 saturated heterocycles. The molecule has 116 valence electrons. The molecule has 1 aliphatic rings. The van der Waals surface area contributed by atoms with Gasteiger partial charge in [0.15, 0.2) is 0 Å². The lowest BCUT2D eigenvalue weighted by Gasteiger charge is -2.36. The molecule has 1 aliphatic heterocycles. The molecule has 0 saturated carbocycles. The Labute approximate surface area is 130 Å². The number of rotatable bonds is 4. The highest BCUT2D eigenvalue weighted by atomic mass is 35.5. The maximum absolute atomic E-state index is 7.48. The third-order valence-corrected chi connectivity index (χ3v) is 3.89. The predicted octanol–water partition coefficient (Wildman–Crippen LogP) is 1.93. The first-order valence-corrected chi connectivity index (χ1v) is 7.43. The fraction of sp³-hybridized carbons (Fsp3) is 0.500. The molecule has 7 heteroatoms. The number of nitrogens with zero attached hydrogens (tertiary/aromatic N) is 2. The number of hydrogen-bond acceptors (Lipinski definition) is 4. The van der Waals surface area contributed by atoms with Crippen LogP contribution in [0.3, 0.4) is 0 Å². The van der Waals surface area contributed by atoms with Crippen LogP contribution < -0.4 is 19.8 Å². The Bertz CT molecular complexity index is 488. The Morgan fingerprint density at radius 2 is 2.05 bits per heavy atom. The quantitative estimate of drug-likeness (QED) is 0.450. The summed E-state index contributed by atoms with van der Waals surface area (Å²) in [5.41, 5.74) is 1.85. The Balaban J connectivity index is 2.11. The van der Waals surface area contributed by atoms with Crippen LogP contribution in [0.2, 0.25) is 0 Å². The van der Waals surface area contributed by atoms with Gasteiger partial charge in [-0.1, -0.05) is 6.92 Å². The van der Waals surface area contributed by atoms with Crippen molar-refractivity contribution in [2.45, 2.75) is 6.92 Å². The number of methoxy groups -OCH3 is 1. The van der Waals surface area contributed by atoms with E-state index in [1.54, 1.807) is 7.11 Å². The maximum atomic E-state index is 7.48. The van der Waals surface area contributed by atoms with Gasteiger partial charge in [0.2, 0.25) is 5.96 Å². The lowest BCUT2D eigenvalue weighted by molar-refractivity contribution is 0.270. The number of hydrogen-bond donors (Lipinski definition) is 3. The first-order chi connectivity index (χ1) is 10.2. The van der Waals surface area contributed by atoms with E-state index in [9.17, 15) is 0 Å². The van der Waals surface area contributed by atoms with E-state index in [2.05, 4.69) is 26.9 Å². The van der Waals surface area contributed by atoms with Crippen molar-refractivity contribution in [3.05, 3.63) is 18.2 Å². The van der Waals surface area contributed by atoms with E-state index < -0.39 is 0 Å². The molecule has 0 unspecified atom stereocenters. The van der Waals surface area contributed by atoms with Crippen molar-refractivity contribution in [2.75, 3.05) is 50.1 Å². The summed E-state index contributed by atoms with van der Waals surface area (Å²) in [5, 5.41) is 10.3. The second-order valence-electron chi connectivity index (χ2n) is 4.90. The van der Waals surface area contributed by atoms with Crippen molar-refractivity contribution in [1.82, 2.24) is 9.74 Å². The molecule has 0 atom stereocenters. The zero-order valence-electron chi connectivity index (χ0n) is 12.4. The number of guanidine groups is 1. The van der Waals surface area contributed by atoms with Gasteiger partial charge in [-0.3, -0.25) is 10.2 Å². The van der Waals surface area contributed by atoms with Crippen LogP contribution in [0, 0.1) is 5.41 Å². The lowest BCUT2D eigenvalue weighted by atomic mass is 10.2. The van der Waals surface area contributed by atoms with Gasteiger partial charge in [-0.25, -0.2) is 0 Å². The minimum atomic E-state index is 0.0306. The minimum Gasteiger partial charge on any atom is -0.495 e.